The number of nitrogen functional groups attached to an aromatic ring is 1. The topological polar surface area (TPSA) is 51.3 Å². The molecule has 0 atom stereocenters. The van der Waals surface area contributed by atoms with Crippen LogP contribution in [0, 0.1) is 0 Å². The summed E-state index contributed by atoms with van der Waals surface area (Å²) in [6.45, 7) is 3.36. The maximum Gasteiger partial charge on any atom is 0.219 e. The molecule has 2 N–H and O–H groups in total. The van der Waals surface area contributed by atoms with Crippen LogP contribution in [0.25, 0.3) is 10.9 Å². The third-order valence-electron chi connectivity index (χ3n) is 4.05. The van der Waals surface area contributed by atoms with Crippen LogP contribution >= 0.6 is 0 Å². The quantitative estimate of drug-likeness (QED) is 0.798. The first-order chi connectivity index (χ1) is 9.15. The van der Waals surface area contributed by atoms with E-state index in [1.807, 2.05) is 17.0 Å². The second-order valence-corrected chi connectivity index (χ2v) is 5.28. The van der Waals surface area contributed by atoms with E-state index in [0.29, 0.717) is 6.04 Å². The lowest BCUT2D eigenvalue weighted by Gasteiger charge is -2.32. The van der Waals surface area contributed by atoms with Gasteiger partial charge in [-0.3, -0.25) is 4.79 Å². The largest absolute Gasteiger partial charge is 0.399 e. The molecule has 100 valence electrons. The Hall–Kier alpha value is -1.97. The fourth-order valence-electron chi connectivity index (χ4n) is 2.96. The number of nitrogens with zero attached hydrogens (tertiary/aromatic N) is 2. The molecular formula is C15H19N3O. The lowest BCUT2D eigenvalue weighted by Crippen LogP contribution is -2.37. The minimum atomic E-state index is 0.184. The number of hydrogen-bond acceptors (Lipinski definition) is 2. The molecule has 1 fully saturated rings. The van der Waals surface area contributed by atoms with Crippen molar-refractivity contribution in [2.24, 2.45) is 0 Å². The average Bonchev–Trinajstić information content (AvgIpc) is 2.81. The van der Waals surface area contributed by atoms with E-state index < -0.39 is 0 Å². The summed E-state index contributed by atoms with van der Waals surface area (Å²) in [7, 11) is 0. The Morgan fingerprint density at radius 2 is 2.00 bits per heavy atom. The van der Waals surface area contributed by atoms with E-state index >= 15 is 0 Å². The number of hydrogen-bond donors (Lipinski definition) is 1. The highest BCUT2D eigenvalue weighted by molar-refractivity contribution is 5.83. The maximum absolute atomic E-state index is 11.3. The van der Waals surface area contributed by atoms with E-state index in [-0.39, 0.29) is 5.91 Å². The van der Waals surface area contributed by atoms with E-state index in [0.717, 1.165) is 31.6 Å². The fourth-order valence-corrected chi connectivity index (χ4v) is 2.96. The molecule has 2 aromatic rings. The second-order valence-electron chi connectivity index (χ2n) is 5.28. The van der Waals surface area contributed by atoms with Gasteiger partial charge in [-0.15, -0.1) is 0 Å². The standard InChI is InChI=1S/C15H19N3O/c1-11(19)17-7-5-14(6-8-17)18-9-4-12-10-13(16)2-3-15(12)18/h2-4,9-10,14H,5-8,16H2,1H3. The van der Waals surface area contributed by atoms with Crippen LogP contribution in [-0.4, -0.2) is 28.5 Å². The monoisotopic (exact) mass is 257 g/mol. The molecule has 1 aromatic carbocycles. The van der Waals surface area contributed by atoms with Gasteiger partial charge in [-0.2, -0.15) is 0 Å². The molecule has 0 aliphatic carbocycles. The number of fused-ring (bicyclic) bond motifs is 1. The number of aromatic nitrogens is 1. The van der Waals surface area contributed by atoms with Crippen molar-refractivity contribution in [3.05, 3.63) is 30.5 Å². The van der Waals surface area contributed by atoms with Gasteiger partial charge in [0.15, 0.2) is 0 Å². The van der Waals surface area contributed by atoms with Gasteiger partial charge >= 0.3 is 0 Å². The summed E-state index contributed by atoms with van der Waals surface area (Å²) >= 11 is 0. The van der Waals surface area contributed by atoms with Gasteiger partial charge in [-0.05, 0) is 37.1 Å². The highest BCUT2D eigenvalue weighted by atomic mass is 16.2. The number of piperidine rings is 1. The number of rotatable bonds is 1. The lowest BCUT2D eigenvalue weighted by atomic mass is 10.0. The van der Waals surface area contributed by atoms with E-state index in [1.165, 1.54) is 10.9 Å². The molecule has 1 aliphatic heterocycles. The molecule has 0 bridgehead atoms. The van der Waals surface area contributed by atoms with Crippen molar-refractivity contribution in [2.45, 2.75) is 25.8 Å². The Kier molecular flexibility index (Phi) is 2.93. The zero-order chi connectivity index (χ0) is 13.4. The third kappa shape index (κ3) is 2.18. The number of carbonyl (C=O) groups is 1. The Bertz CT molecular complexity index is 609. The van der Waals surface area contributed by atoms with Crippen molar-refractivity contribution < 1.29 is 4.79 Å². The molecular weight excluding hydrogens is 238 g/mol. The predicted molar refractivity (Wildman–Crippen MR) is 76.9 cm³/mol. The van der Waals surface area contributed by atoms with Crippen molar-refractivity contribution in [3.8, 4) is 0 Å². The van der Waals surface area contributed by atoms with Gasteiger partial charge in [-0.25, -0.2) is 0 Å². The van der Waals surface area contributed by atoms with Crippen LogP contribution < -0.4 is 5.73 Å². The first-order valence-electron chi connectivity index (χ1n) is 6.77. The minimum Gasteiger partial charge on any atom is -0.399 e. The molecule has 1 aliphatic rings. The lowest BCUT2D eigenvalue weighted by molar-refractivity contribution is -0.130. The summed E-state index contributed by atoms with van der Waals surface area (Å²) in [6.07, 6.45) is 4.18. The number of carbonyl (C=O) groups excluding carboxylic acids is 1. The second kappa shape index (κ2) is 4.61. The van der Waals surface area contributed by atoms with Crippen LogP contribution in [0.15, 0.2) is 30.5 Å². The highest BCUT2D eigenvalue weighted by Crippen LogP contribution is 2.28. The molecule has 1 aromatic heterocycles. The molecule has 1 amide bonds. The van der Waals surface area contributed by atoms with Crippen LogP contribution in [0.4, 0.5) is 5.69 Å². The van der Waals surface area contributed by atoms with Gasteiger partial charge in [0.05, 0.1) is 0 Å². The zero-order valence-corrected chi connectivity index (χ0v) is 11.2. The van der Waals surface area contributed by atoms with Crippen molar-refractivity contribution in [3.63, 3.8) is 0 Å². The summed E-state index contributed by atoms with van der Waals surface area (Å²) in [5.41, 5.74) is 7.84. The molecule has 0 saturated carbocycles. The molecule has 1 saturated heterocycles. The SMILES string of the molecule is CC(=O)N1CCC(n2ccc3cc(N)ccc32)CC1. The predicted octanol–water partition coefficient (Wildman–Crippen LogP) is 2.41. The van der Waals surface area contributed by atoms with Crippen molar-refractivity contribution in [1.29, 1.82) is 0 Å². The van der Waals surface area contributed by atoms with Gasteiger partial charge in [0.25, 0.3) is 0 Å². The summed E-state index contributed by atoms with van der Waals surface area (Å²) in [4.78, 5) is 13.3. The summed E-state index contributed by atoms with van der Waals surface area (Å²) < 4.78 is 2.33. The summed E-state index contributed by atoms with van der Waals surface area (Å²) in [5.74, 6) is 0.184. The molecule has 19 heavy (non-hydrogen) atoms. The summed E-state index contributed by atoms with van der Waals surface area (Å²) in [6, 6.07) is 8.64. The Morgan fingerprint density at radius 1 is 1.26 bits per heavy atom. The molecule has 0 radical (unpaired) electrons. The van der Waals surface area contributed by atoms with Gasteiger partial charge in [0.2, 0.25) is 5.91 Å². The zero-order valence-electron chi connectivity index (χ0n) is 11.2. The highest BCUT2D eigenvalue weighted by Gasteiger charge is 2.22. The third-order valence-corrected chi connectivity index (χ3v) is 4.05. The molecule has 2 heterocycles. The van der Waals surface area contributed by atoms with Gasteiger partial charge in [-0.1, -0.05) is 0 Å². The smallest absolute Gasteiger partial charge is 0.219 e. The van der Waals surface area contributed by atoms with Gasteiger partial charge in [0.1, 0.15) is 0 Å². The fraction of sp³-hybridized carbons (Fsp3) is 0.400. The molecule has 4 nitrogen and oxygen atoms in total. The first-order valence-corrected chi connectivity index (χ1v) is 6.77. The normalized spacial score (nSPS) is 17.0. The van der Waals surface area contributed by atoms with E-state index in [4.69, 9.17) is 5.73 Å². The van der Waals surface area contributed by atoms with Crippen molar-refractivity contribution in [2.75, 3.05) is 18.8 Å². The van der Waals surface area contributed by atoms with E-state index in [1.54, 1.807) is 6.92 Å². The van der Waals surface area contributed by atoms with E-state index in [9.17, 15) is 4.79 Å². The average molecular weight is 257 g/mol. The van der Waals surface area contributed by atoms with Gasteiger partial charge in [0, 0.05) is 48.8 Å². The number of nitrogens with two attached hydrogens (primary N) is 1. The number of benzene rings is 1. The first kappa shape index (κ1) is 12.1. The Balaban J connectivity index is 1.84. The van der Waals surface area contributed by atoms with Crippen LogP contribution in [-0.2, 0) is 4.79 Å². The molecule has 0 unspecified atom stereocenters. The summed E-state index contributed by atoms with van der Waals surface area (Å²) in [5, 5.41) is 1.19. The van der Waals surface area contributed by atoms with Gasteiger partial charge < -0.3 is 15.2 Å². The van der Waals surface area contributed by atoms with Crippen LogP contribution in [0.2, 0.25) is 0 Å². The van der Waals surface area contributed by atoms with E-state index in [2.05, 4.69) is 22.9 Å². The minimum absolute atomic E-state index is 0.184. The molecule has 4 heteroatoms. The molecule has 3 rings (SSSR count). The van der Waals surface area contributed by atoms with Crippen LogP contribution in [0.3, 0.4) is 0 Å². The Labute approximate surface area is 112 Å². The van der Waals surface area contributed by atoms with Crippen LogP contribution in [0.1, 0.15) is 25.8 Å². The Morgan fingerprint density at radius 3 is 2.68 bits per heavy atom. The maximum atomic E-state index is 11.3. The van der Waals surface area contributed by atoms with Crippen molar-refractivity contribution in [1.82, 2.24) is 9.47 Å². The molecule has 0 spiro atoms. The van der Waals surface area contributed by atoms with Crippen molar-refractivity contribution >= 4 is 22.5 Å². The number of amides is 1. The number of likely N-dealkylation sites (tertiary alicyclic amines) is 1. The van der Waals surface area contributed by atoms with Crippen LogP contribution in [0.5, 0.6) is 0 Å². The number of anilines is 1.